The highest BCUT2D eigenvalue weighted by Gasteiger charge is 2.12. The molecule has 0 bridgehead atoms. The first-order chi connectivity index (χ1) is 7.33. The maximum atomic E-state index is 5.26. The van der Waals surface area contributed by atoms with Crippen molar-refractivity contribution in [3.8, 4) is 0 Å². The lowest BCUT2D eigenvalue weighted by Gasteiger charge is -2.17. The van der Waals surface area contributed by atoms with Gasteiger partial charge in [-0.25, -0.2) is 4.98 Å². The van der Waals surface area contributed by atoms with Crippen LogP contribution in [0, 0.1) is 11.6 Å². The van der Waals surface area contributed by atoms with Gasteiger partial charge in [0.15, 0.2) is 0 Å². The molecule has 0 saturated heterocycles. The number of thioether (sulfide) groups is 1. The monoisotopic (exact) mass is 256 g/mol. The Hall–Kier alpha value is -0.350. The first-order valence-electron chi connectivity index (χ1n) is 5.56. The van der Waals surface area contributed by atoms with Gasteiger partial charge in [0.1, 0.15) is 10.5 Å². The third-order valence-corrected chi connectivity index (χ3v) is 3.98. The molecule has 0 unspecified atom stereocenters. The fraction of sp³-hybridized carbons (Fsp3) is 0.667. The van der Waals surface area contributed by atoms with E-state index in [2.05, 4.69) is 37.7 Å². The summed E-state index contributed by atoms with van der Waals surface area (Å²) in [6.07, 6.45) is 0.977. The normalized spacial score (nSPS) is 11.8. The van der Waals surface area contributed by atoms with Gasteiger partial charge in [-0.05, 0) is 13.3 Å². The topological polar surface area (TPSA) is 28.7 Å². The zero-order valence-electron chi connectivity index (χ0n) is 10.7. The van der Waals surface area contributed by atoms with Gasteiger partial charge in [0.25, 0.3) is 0 Å². The van der Waals surface area contributed by atoms with Gasteiger partial charge in [-0.2, -0.15) is 0 Å². The largest absolute Gasteiger partial charge is 0.346 e. The second kappa shape index (κ2) is 5.32. The zero-order chi connectivity index (χ0) is 12.3. The number of aryl methyl sites for hydroxylation is 1. The molecular weight excluding hydrogens is 236 g/mol. The molecule has 4 heteroatoms. The molecule has 0 aromatic carbocycles. The SMILES string of the molecule is CCc1[nH]c(CSC(C)(C)C)nc(=S)c1C. The Labute approximate surface area is 107 Å². The standard InChI is InChI=1S/C12H20N2S2/c1-6-9-8(2)11(15)14-10(13-9)7-16-12(3,4)5/h6-7H2,1-5H3,(H,13,14,15). The molecule has 16 heavy (non-hydrogen) atoms. The molecule has 0 saturated carbocycles. The first kappa shape index (κ1) is 13.7. The molecule has 2 nitrogen and oxygen atoms in total. The Morgan fingerprint density at radius 1 is 1.38 bits per heavy atom. The summed E-state index contributed by atoms with van der Waals surface area (Å²) in [6, 6.07) is 0. The van der Waals surface area contributed by atoms with E-state index in [0.717, 1.165) is 28.2 Å². The highest BCUT2D eigenvalue weighted by molar-refractivity contribution is 7.99. The lowest BCUT2D eigenvalue weighted by molar-refractivity contribution is 0.798. The average Bonchev–Trinajstić information content (AvgIpc) is 2.18. The predicted octanol–water partition coefficient (Wildman–Crippen LogP) is 4.04. The van der Waals surface area contributed by atoms with Gasteiger partial charge < -0.3 is 4.98 Å². The van der Waals surface area contributed by atoms with Crippen LogP contribution in [0.1, 0.15) is 44.8 Å². The van der Waals surface area contributed by atoms with Crippen LogP contribution in [0.5, 0.6) is 0 Å². The Morgan fingerprint density at radius 3 is 2.50 bits per heavy atom. The summed E-state index contributed by atoms with van der Waals surface area (Å²) in [6.45, 7) is 10.8. The Balaban J connectivity index is 2.91. The van der Waals surface area contributed by atoms with Gasteiger partial charge >= 0.3 is 0 Å². The molecule has 1 N–H and O–H groups in total. The van der Waals surface area contributed by atoms with Gasteiger partial charge in [-0.1, -0.05) is 39.9 Å². The number of H-pyrrole nitrogens is 1. The molecule has 0 fully saturated rings. The lowest BCUT2D eigenvalue weighted by atomic mass is 10.2. The molecule has 0 aliphatic carbocycles. The molecule has 0 aliphatic heterocycles. The van der Waals surface area contributed by atoms with Crippen molar-refractivity contribution in [3.05, 3.63) is 21.7 Å². The van der Waals surface area contributed by atoms with Crippen LogP contribution in [0.25, 0.3) is 0 Å². The van der Waals surface area contributed by atoms with Crippen molar-refractivity contribution in [1.82, 2.24) is 9.97 Å². The highest BCUT2D eigenvalue weighted by Crippen LogP contribution is 2.26. The summed E-state index contributed by atoms with van der Waals surface area (Å²) in [5.74, 6) is 1.88. The summed E-state index contributed by atoms with van der Waals surface area (Å²) in [5, 5.41) is 0. The number of rotatable bonds is 3. The van der Waals surface area contributed by atoms with E-state index in [0.29, 0.717) is 0 Å². The third kappa shape index (κ3) is 3.91. The maximum Gasteiger partial charge on any atom is 0.132 e. The quantitative estimate of drug-likeness (QED) is 0.827. The molecule has 90 valence electrons. The number of nitrogens with zero attached hydrogens (tertiary/aromatic N) is 1. The van der Waals surface area contributed by atoms with E-state index in [1.807, 2.05) is 18.7 Å². The van der Waals surface area contributed by atoms with Crippen molar-refractivity contribution in [1.29, 1.82) is 0 Å². The van der Waals surface area contributed by atoms with Crippen LogP contribution >= 0.6 is 24.0 Å². The minimum atomic E-state index is 0.258. The highest BCUT2D eigenvalue weighted by atomic mass is 32.2. The Morgan fingerprint density at radius 2 is 2.00 bits per heavy atom. The molecule has 0 radical (unpaired) electrons. The summed E-state index contributed by atoms with van der Waals surface area (Å²) in [7, 11) is 0. The van der Waals surface area contributed by atoms with E-state index in [1.54, 1.807) is 0 Å². The lowest BCUT2D eigenvalue weighted by Crippen LogP contribution is -2.09. The molecule has 1 rings (SSSR count). The van der Waals surface area contributed by atoms with Crippen LogP contribution < -0.4 is 0 Å². The van der Waals surface area contributed by atoms with E-state index in [-0.39, 0.29) is 4.75 Å². The van der Waals surface area contributed by atoms with Crippen molar-refractivity contribution >= 4 is 24.0 Å². The van der Waals surface area contributed by atoms with Gasteiger partial charge in [0, 0.05) is 16.0 Å². The van der Waals surface area contributed by atoms with Gasteiger partial charge in [-0.15, -0.1) is 11.8 Å². The maximum absolute atomic E-state index is 5.26. The predicted molar refractivity (Wildman–Crippen MR) is 74.6 cm³/mol. The van der Waals surface area contributed by atoms with Crippen LogP contribution in [-0.2, 0) is 12.2 Å². The van der Waals surface area contributed by atoms with Crippen LogP contribution in [0.2, 0.25) is 0 Å². The average molecular weight is 256 g/mol. The summed E-state index contributed by atoms with van der Waals surface area (Å²) >= 11 is 7.14. The van der Waals surface area contributed by atoms with Crippen molar-refractivity contribution in [2.24, 2.45) is 0 Å². The van der Waals surface area contributed by atoms with Crippen molar-refractivity contribution < 1.29 is 0 Å². The smallest absolute Gasteiger partial charge is 0.132 e. The molecule has 0 aliphatic rings. The minimum Gasteiger partial charge on any atom is -0.346 e. The van der Waals surface area contributed by atoms with Crippen molar-refractivity contribution in [2.75, 3.05) is 0 Å². The molecule has 0 spiro atoms. The van der Waals surface area contributed by atoms with Crippen molar-refractivity contribution in [3.63, 3.8) is 0 Å². The number of hydrogen-bond donors (Lipinski definition) is 1. The summed E-state index contributed by atoms with van der Waals surface area (Å²) in [5.41, 5.74) is 2.33. The Kier molecular flexibility index (Phi) is 4.56. The number of hydrogen-bond acceptors (Lipinski definition) is 3. The zero-order valence-corrected chi connectivity index (χ0v) is 12.3. The molecule has 1 aromatic heterocycles. The minimum absolute atomic E-state index is 0.258. The fourth-order valence-corrected chi connectivity index (χ4v) is 2.28. The molecule has 1 heterocycles. The summed E-state index contributed by atoms with van der Waals surface area (Å²) < 4.78 is 0.995. The van der Waals surface area contributed by atoms with Crippen LogP contribution in [-0.4, -0.2) is 14.7 Å². The van der Waals surface area contributed by atoms with E-state index in [9.17, 15) is 0 Å². The van der Waals surface area contributed by atoms with Crippen LogP contribution in [0.4, 0.5) is 0 Å². The van der Waals surface area contributed by atoms with E-state index in [4.69, 9.17) is 12.2 Å². The van der Waals surface area contributed by atoms with Crippen LogP contribution in [0.15, 0.2) is 0 Å². The molecule has 0 amide bonds. The van der Waals surface area contributed by atoms with Crippen molar-refractivity contribution in [2.45, 2.75) is 51.5 Å². The third-order valence-electron chi connectivity index (χ3n) is 2.30. The van der Waals surface area contributed by atoms with Gasteiger partial charge in [0.2, 0.25) is 0 Å². The molecular formula is C12H20N2S2. The van der Waals surface area contributed by atoms with E-state index >= 15 is 0 Å². The van der Waals surface area contributed by atoms with E-state index < -0.39 is 0 Å². The summed E-state index contributed by atoms with van der Waals surface area (Å²) in [4.78, 5) is 7.80. The molecule has 0 atom stereocenters. The van der Waals surface area contributed by atoms with Gasteiger partial charge in [0.05, 0.1) is 5.75 Å². The van der Waals surface area contributed by atoms with E-state index in [1.165, 1.54) is 5.69 Å². The molecule has 1 aromatic rings. The number of aromatic amines is 1. The second-order valence-corrected chi connectivity index (χ2v) is 7.04. The van der Waals surface area contributed by atoms with Crippen LogP contribution in [0.3, 0.4) is 0 Å². The Bertz CT molecular complexity index is 416. The second-order valence-electron chi connectivity index (χ2n) is 4.85. The number of aromatic nitrogens is 2. The number of nitrogens with one attached hydrogen (secondary N) is 1. The van der Waals surface area contributed by atoms with Gasteiger partial charge in [-0.3, -0.25) is 0 Å². The fourth-order valence-electron chi connectivity index (χ4n) is 1.34. The first-order valence-corrected chi connectivity index (χ1v) is 6.95.